The van der Waals surface area contributed by atoms with Crippen LogP contribution in [0.3, 0.4) is 0 Å². The van der Waals surface area contributed by atoms with Gasteiger partial charge in [-0.05, 0) is 26.7 Å². The topological polar surface area (TPSA) is 55.1 Å². The zero-order valence-corrected chi connectivity index (χ0v) is 11.9. The van der Waals surface area contributed by atoms with Gasteiger partial charge in [-0.25, -0.2) is 4.98 Å². The second kappa shape index (κ2) is 6.10. The number of thioether (sulfide) groups is 1. The van der Waals surface area contributed by atoms with Crippen LogP contribution >= 0.6 is 11.8 Å². The lowest BCUT2D eigenvalue weighted by Crippen LogP contribution is -2.37. The molecule has 1 N–H and O–H groups in total. The number of oxazole rings is 1. The molecule has 1 heterocycles. The zero-order valence-electron chi connectivity index (χ0n) is 11.0. The Morgan fingerprint density at radius 2 is 2.06 bits per heavy atom. The largest absolute Gasteiger partial charge is 0.437 e. The van der Waals surface area contributed by atoms with E-state index in [0.29, 0.717) is 16.9 Å². The molecular formula is C12H20N2O2S. The SMILES string of the molecule is Cc1nc(SCC(=O)N[C@@H](C)C(C)C)oc1C. The predicted octanol–water partition coefficient (Wildman–Crippen LogP) is 2.54. The molecule has 96 valence electrons. The molecule has 0 aliphatic rings. The van der Waals surface area contributed by atoms with Gasteiger partial charge in [0, 0.05) is 6.04 Å². The summed E-state index contributed by atoms with van der Waals surface area (Å²) in [5, 5.41) is 3.50. The lowest BCUT2D eigenvalue weighted by molar-refractivity contribution is -0.119. The molecule has 0 spiro atoms. The van der Waals surface area contributed by atoms with Crippen molar-refractivity contribution < 1.29 is 9.21 Å². The fourth-order valence-electron chi connectivity index (χ4n) is 1.09. The second-order valence-electron chi connectivity index (χ2n) is 4.51. The third-order valence-electron chi connectivity index (χ3n) is 2.72. The van der Waals surface area contributed by atoms with E-state index in [1.165, 1.54) is 11.8 Å². The summed E-state index contributed by atoms with van der Waals surface area (Å²) >= 11 is 1.33. The molecule has 1 rings (SSSR count). The molecule has 0 aromatic carbocycles. The highest BCUT2D eigenvalue weighted by Crippen LogP contribution is 2.19. The Bertz CT molecular complexity index is 368. The van der Waals surface area contributed by atoms with Crippen LogP contribution in [0.25, 0.3) is 0 Å². The minimum Gasteiger partial charge on any atom is -0.437 e. The van der Waals surface area contributed by atoms with Crippen LogP contribution in [0.5, 0.6) is 0 Å². The van der Waals surface area contributed by atoms with Gasteiger partial charge in [0.2, 0.25) is 5.91 Å². The van der Waals surface area contributed by atoms with Crippen molar-refractivity contribution in [2.24, 2.45) is 5.92 Å². The first kappa shape index (κ1) is 14.1. The Labute approximate surface area is 107 Å². The van der Waals surface area contributed by atoms with Gasteiger partial charge in [-0.3, -0.25) is 4.79 Å². The van der Waals surface area contributed by atoms with Crippen LogP contribution < -0.4 is 5.32 Å². The van der Waals surface area contributed by atoms with Crippen molar-refractivity contribution in [1.82, 2.24) is 10.3 Å². The molecule has 0 radical (unpaired) electrons. The van der Waals surface area contributed by atoms with Crippen LogP contribution in [0.15, 0.2) is 9.64 Å². The molecule has 1 amide bonds. The van der Waals surface area contributed by atoms with Gasteiger partial charge in [0.05, 0.1) is 11.4 Å². The number of aryl methyl sites for hydroxylation is 2. The van der Waals surface area contributed by atoms with Crippen LogP contribution in [-0.4, -0.2) is 22.7 Å². The molecule has 0 saturated carbocycles. The molecule has 0 saturated heterocycles. The van der Waals surface area contributed by atoms with Crippen LogP contribution in [0.1, 0.15) is 32.2 Å². The molecule has 0 aliphatic heterocycles. The predicted molar refractivity (Wildman–Crippen MR) is 69.1 cm³/mol. The summed E-state index contributed by atoms with van der Waals surface area (Å²) in [6, 6.07) is 0.191. The number of amides is 1. The summed E-state index contributed by atoms with van der Waals surface area (Å²) in [6.45, 7) is 9.93. The third-order valence-corrected chi connectivity index (χ3v) is 3.55. The van der Waals surface area contributed by atoms with Gasteiger partial charge in [-0.15, -0.1) is 0 Å². The molecular weight excluding hydrogens is 236 g/mol. The average Bonchev–Trinajstić information content (AvgIpc) is 2.55. The standard InChI is InChI=1S/C12H20N2O2S/c1-7(2)8(3)13-11(15)6-17-12-14-9(4)10(5)16-12/h7-8H,6H2,1-5H3,(H,13,15)/t8-/m0/s1. The quantitative estimate of drug-likeness (QED) is 0.823. The van der Waals surface area contributed by atoms with Crippen LogP contribution in [0.2, 0.25) is 0 Å². The van der Waals surface area contributed by atoms with E-state index in [2.05, 4.69) is 24.1 Å². The van der Waals surface area contributed by atoms with Crippen molar-refractivity contribution >= 4 is 17.7 Å². The molecule has 1 aromatic rings. The number of carbonyl (C=O) groups excluding carboxylic acids is 1. The molecule has 4 nitrogen and oxygen atoms in total. The normalized spacial score (nSPS) is 12.8. The van der Waals surface area contributed by atoms with E-state index < -0.39 is 0 Å². The summed E-state index contributed by atoms with van der Waals surface area (Å²) in [5.74, 6) is 1.61. The zero-order chi connectivity index (χ0) is 13.0. The highest BCUT2D eigenvalue weighted by molar-refractivity contribution is 7.99. The van der Waals surface area contributed by atoms with Crippen molar-refractivity contribution in [2.45, 2.75) is 45.9 Å². The number of hydrogen-bond acceptors (Lipinski definition) is 4. The van der Waals surface area contributed by atoms with Gasteiger partial charge >= 0.3 is 0 Å². The monoisotopic (exact) mass is 256 g/mol. The van der Waals surface area contributed by atoms with Crippen LogP contribution in [-0.2, 0) is 4.79 Å². The highest BCUT2D eigenvalue weighted by atomic mass is 32.2. The van der Waals surface area contributed by atoms with E-state index in [1.54, 1.807) is 0 Å². The van der Waals surface area contributed by atoms with E-state index in [-0.39, 0.29) is 11.9 Å². The summed E-state index contributed by atoms with van der Waals surface area (Å²) < 4.78 is 5.39. The number of aromatic nitrogens is 1. The van der Waals surface area contributed by atoms with Crippen molar-refractivity contribution in [3.05, 3.63) is 11.5 Å². The van der Waals surface area contributed by atoms with Crippen molar-refractivity contribution in [2.75, 3.05) is 5.75 Å². The van der Waals surface area contributed by atoms with Crippen molar-refractivity contribution in [3.63, 3.8) is 0 Å². The maximum Gasteiger partial charge on any atom is 0.256 e. The number of nitrogens with zero attached hydrogens (tertiary/aromatic N) is 1. The minimum absolute atomic E-state index is 0.0182. The number of carbonyl (C=O) groups is 1. The number of rotatable bonds is 5. The van der Waals surface area contributed by atoms with Crippen molar-refractivity contribution in [1.29, 1.82) is 0 Å². The summed E-state index contributed by atoms with van der Waals surface area (Å²) in [7, 11) is 0. The van der Waals surface area contributed by atoms with E-state index in [0.717, 1.165) is 11.5 Å². The van der Waals surface area contributed by atoms with Gasteiger partial charge in [0.25, 0.3) is 5.22 Å². The molecule has 0 fully saturated rings. The van der Waals surface area contributed by atoms with Gasteiger partial charge in [-0.2, -0.15) is 0 Å². The molecule has 0 aliphatic carbocycles. The molecule has 5 heteroatoms. The van der Waals surface area contributed by atoms with Gasteiger partial charge in [0.15, 0.2) is 0 Å². The smallest absolute Gasteiger partial charge is 0.256 e. The highest BCUT2D eigenvalue weighted by Gasteiger charge is 2.13. The first-order valence-electron chi connectivity index (χ1n) is 5.76. The molecule has 1 aromatic heterocycles. The van der Waals surface area contributed by atoms with Gasteiger partial charge < -0.3 is 9.73 Å². The summed E-state index contributed by atoms with van der Waals surface area (Å²) in [4.78, 5) is 15.8. The van der Waals surface area contributed by atoms with E-state index in [9.17, 15) is 4.79 Å². The second-order valence-corrected chi connectivity index (χ2v) is 5.44. The van der Waals surface area contributed by atoms with Crippen LogP contribution in [0.4, 0.5) is 0 Å². The fraction of sp³-hybridized carbons (Fsp3) is 0.667. The first-order chi connectivity index (χ1) is 7.90. The first-order valence-corrected chi connectivity index (χ1v) is 6.75. The lowest BCUT2D eigenvalue weighted by atomic mass is 10.1. The minimum atomic E-state index is 0.0182. The van der Waals surface area contributed by atoms with E-state index >= 15 is 0 Å². The molecule has 17 heavy (non-hydrogen) atoms. The third kappa shape index (κ3) is 4.42. The van der Waals surface area contributed by atoms with Gasteiger partial charge in [-0.1, -0.05) is 25.6 Å². The molecule has 0 unspecified atom stereocenters. The Morgan fingerprint density at radius 3 is 2.53 bits per heavy atom. The van der Waals surface area contributed by atoms with Gasteiger partial charge in [0.1, 0.15) is 5.76 Å². The Hall–Kier alpha value is -0.970. The van der Waals surface area contributed by atoms with E-state index in [4.69, 9.17) is 4.42 Å². The summed E-state index contributed by atoms with van der Waals surface area (Å²) in [5.41, 5.74) is 0.878. The van der Waals surface area contributed by atoms with Crippen molar-refractivity contribution in [3.8, 4) is 0 Å². The Morgan fingerprint density at radius 1 is 1.41 bits per heavy atom. The molecule has 0 bridgehead atoms. The Kier molecular flexibility index (Phi) is 5.05. The summed E-state index contributed by atoms with van der Waals surface area (Å²) in [6.07, 6.45) is 0. The van der Waals surface area contributed by atoms with Crippen LogP contribution in [0, 0.1) is 19.8 Å². The van der Waals surface area contributed by atoms with E-state index in [1.807, 2.05) is 20.8 Å². The fourth-order valence-corrected chi connectivity index (χ4v) is 1.82. The Balaban J connectivity index is 2.38. The maximum atomic E-state index is 11.6. The number of nitrogens with one attached hydrogen (secondary N) is 1. The lowest BCUT2D eigenvalue weighted by Gasteiger charge is -2.16. The number of hydrogen-bond donors (Lipinski definition) is 1. The average molecular weight is 256 g/mol. The maximum absolute atomic E-state index is 11.6. The molecule has 1 atom stereocenters.